The van der Waals surface area contributed by atoms with Gasteiger partial charge in [0.05, 0.1) is 13.7 Å². The van der Waals surface area contributed by atoms with E-state index in [1.165, 1.54) is 7.11 Å². The number of urea groups is 1. The number of carbonyl (C=O) groups excluding carboxylic acids is 1. The monoisotopic (exact) mass is 397 g/mol. The molecule has 2 N–H and O–H groups in total. The van der Waals surface area contributed by atoms with E-state index >= 15 is 0 Å². The van der Waals surface area contributed by atoms with Gasteiger partial charge in [0.1, 0.15) is 23.1 Å². The summed E-state index contributed by atoms with van der Waals surface area (Å²) in [4.78, 5) is 23.8. The van der Waals surface area contributed by atoms with Gasteiger partial charge < -0.3 is 14.2 Å². The van der Waals surface area contributed by atoms with Gasteiger partial charge in [-0.1, -0.05) is 12.1 Å². The van der Waals surface area contributed by atoms with Gasteiger partial charge >= 0.3 is 12.0 Å². The topological polar surface area (TPSA) is 134 Å². The summed E-state index contributed by atoms with van der Waals surface area (Å²) in [5.41, 5.74) is 2.01. The number of rotatable bonds is 9. The Kier molecular flexibility index (Phi) is 7.85. The molecule has 2 aromatic rings. The number of hydrogen-bond donors (Lipinski definition) is 2. The molecule has 0 aliphatic carbocycles. The Morgan fingerprint density at radius 1 is 1.15 bits per heavy atom. The Bertz CT molecular complexity index is 806. The fourth-order valence-corrected chi connectivity index (χ4v) is 2.52. The van der Waals surface area contributed by atoms with E-state index in [1.807, 2.05) is 5.48 Å². The van der Waals surface area contributed by atoms with E-state index in [4.69, 9.17) is 18.5 Å². The maximum atomic E-state index is 12.3. The smallest absolute Gasteiger partial charge is 0.346 e. The number of methoxy groups -OCH3 is 2. The lowest BCUT2D eigenvalue weighted by Crippen LogP contribution is -2.30. The first kappa shape index (κ1) is 20.5. The normalized spacial score (nSPS) is 11.5. The van der Waals surface area contributed by atoms with Crippen LogP contribution in [0.4, 0.5) is 10.7 Å². The number of para-hydroxylation sites is 1. The molecule has 1 aromatic carbocycles. The van der Waals surface area contributed by atoms with E-state index in [0.717, 1.165) is 0 Å². The third kappa shape index (κ3) is 6.44. The van der Waals surface area contributed by atoms with E-state index in [-0.39, 0.29) is 23.5 Å². The number of carbonyl (C=O) groups is 1. The molecule has 0 saturated heterocycles. The maximum absolute atomic E-state index is 12.3. The van der Waals surface area contributed by atoms with E-state index < -0.39 is 17.1 Å². The SMILES string of the molecule is COCCOc1ccccc1S(=O)ONC(=O)Nc1nc(C)nc(OC)n1. The van der Waals surface area contributed by atoms with E-state index in [9.17, 15) is 9.00 Å². The number of hydroxylamine groups is 1. The van der Waals surface area contributed by atoms with Crippen molar-refractivity contribution in [1.82, 2.24) is 20.4 Å². The van der Waals surface area contributed by atoms with Crippen molar-refractivity contribution in [2.75, 3.05) is 32.8 Å². The fourth-order valence-electron chi connectivity index (χ4n) is 1.79. The Morgan fingerprint density at radius 2 is 1.93 bits per heavy atom. The predicted octanol–water partition coefficient (Wildman–Crippen LogP) is 0.990. The largest absolute Gasteiger partial charge is 0.490 e. The van der Waals surface area contributed by atoms with Crippen molar-refractivity contribution in [3.8, 4) is 11.8 Å². The van der Waals surface area contributed by atoms with Crippen molar-refractivity contribution in [1.29, 1.82) is 0 Å². The molecular weight excluding hydrogens is 378 g/mol. The van der Waals surface area contributed by atoms with Crippen LogP contribution in [0.25, 0.3) is 0 Å². The van der Waals surface area contributed by atoms with Crippen LogP contribution in [-0.2, 0) is 20.1 Å². The Hall–Kier alpha value is -2.83. The van der Waals surface area contributed by atoms with Crippen LogP contribution in [-0.4, -0.2) is 52.6 Å². The van der Waals surface area contributed by atoms with Crippen molar-refractivity contribution in [3.63, 3.8) is 0 Å². The van der Waals surface area contributed by atoms with Gasteiger partial charge in [0.25, 0.3) is 0 Å². The molecule has 0 spiro atoms. The fraction of sp³-hybridized carbons (Fsp3) is 0.333. The number of ether oxygens (including phenoxy) is 3. The molecule has 12 heteroatoms. The summed E-state index contributed by atoms with van der Waals surface area (Å²) in [5.74, 6) is 0.659. The second-order valence-corrected chi connectivity index (χ2v) is 5.93. The van der Waals surface area contributed by atoms with E-state index in [1.54, 1.807) is 38.3 Å². The number of nitrogens with zero attached hydrogens (tertiary/aromatic N) is 3. The molecular formula is C15H19N5O6S. The molecule has 2 rings (SSSR count). The molecule has 1 unspecified atom stereocenters. The summed E-state index contributed by atoms with van der Waals surface area (Å²) in [6.07, 6.45) is 0. The van der Waals surface area contributed by atoms with Crippen LogP contribution in [0.5, 0.6) is 11.8 Å². The number of aromatic nitrogens is 3. The summed E-state index contributed by atoms with van der Waals surface area (Å²) in [5, 5.41) is 2.32. The lowest BCUT2D eigenvalue weighted by atomic mass is 10.3. The second-order valence-electron chi connectivity index (χ2n) is 4.86. The van der Waals surface area contributed by atoms with Gasteiger partial charge in [0.2, 0.25) is 17.0 Å². The molecule has 0 bridgehead atoms. The summed E-state index contributed by atoms with van der Waals surface area (Å²) >= 11 is -2.00. The van der Waals surface area contributed by atoms with Gasteiger partial charge in [0.15, 0.2) is 0 Å². The second kappa shape index (κ2) is 10.4. The number of anilines is 1. The van der Waals surface area contributed by atoms with Crippen LogP contribution in [0.3, 0.4) is 0 Å². The van der Waals surface area contributed by atoms with Crippen molar-refractivity contribution in [2.24, 2.45) is 0 Å². The highest BCUT2D eigenvalue weighted by atomic mass is 32.2. The van der Waals surface area contributed by atoms with Gasteiger partial charge in [-0.3, -0.25) is 5.32 Å². The van der Waals surface area contributed by atoms with Crippen LogP contribution in [0.2, 0.25) is 0 Å². The van der Waals surface area contributed by atoms with Crippen LogP contribution >= 0.6 is 0 Å². The molecule has 1 atom stereocenters. The lowest BCUT2D eigenvalue weighted by Gasteiger charge is -2.11. The summed E-state index contributed by atoms with van der Waals surface area (Å²) < 4.78 is 32.4. The first-order valence-corrected chi connectivity index (χ1v) is 8.74. The highest BCUT2D eigenvalue weighted by Gasteiger charge is 2.14. The molecule has 1 heterocycles. The maximum Gasteiger partial charge on any atom is 0.346 e. The van der Waals surface area contributed by atoms with Crippen molar-refractivity contribution in [3.05, 3.63) is 30.1 Å². The van der Waals surface area contributed by atoms with Crippen LogP contribution < -0.4 is 20.3 Å². The zero-order valence-corrected chi connectivity index (χ0v) is 15.7. The van der Waals surface area contributed by atoms with Gasteiger partial charge in [0, 0.05) is 7.11 Å². The highest BCUT2D eigenvalue weighted by Crippen LogP contribution is 2.22. The van der Waals surface area contributed by atoms with Crippen molar-refractivity contribution >= 4 is 23.1 Å². The molecule has 27 heavy (non-hydrogen) atoms. The zero-order chi connectivity index (χ0) is 19.6. The Morgan fingerprint density at radius 3 is 2.67 bits per heavy atom. The van der Waals surface area contributed by atoms with Crippen LogP contribution in [0.1, 0.15) is 5.82 Å². The number of aryl methyl sites for hydroxylation is 1. The quantitative estimate of drug-likeness (QED) is 0.469. The summed E-state index contributed by atoms with van der Waals surface area (Å²) in [6.45, 7) is 2.26. The molecule has 1 aromatic heterocycles. The van der Waals surface area contributed by atoms with Gasteiger partial charge in [-0.15, -0.1) is 0 Å². The summed E-state index contributed by atoms with van der Waals surface area (Å²) in [7, 11) is 2.93. The minimum Gasteiger partial charge on any atom is -0.490 e. The van der Waals surface area contributed by atoms with Gasteiger partial charge in [-0.25, -0.2) is 14.5 Å². The average molecular weight is 397 g/mol. The summed E-state index contributed by atoms with van der Waals surface area (Å²) in [6, 6.07) is 5.79. The number of hydrogen-bond acceptors (Lipinski definition) is 9. The standard InChI is InChI=1S/C15H19N5O6S/c1-10-16-13(19-15(17-10)24-3)18-14(21)20-26-27(22)12-7-5-4-6-11(12)25-9-8-23-2/h4-7H,8-9H2,1-3H3,(H2,16,17,18,19,20,21). The molecule has 2 amide bonds. The highest BCUT2D eigenvalue weighted by molar-refractivity contribution is 7.80. The molecule has 0 saturated carbocycles. The van der Waals surface area contributed by atoms with Gasteiger partial charge in [-0.05, 0) is 19.1 Å². The third-order valence-corrected chi connectivity index (χ3v) is 3.85. The first-order chi connectivity index (χ1) is 13.0. The Balaban J connectivity index is 1.93. The zero-order valence-electron chi connectivity index (χ0n) is 14.9. The first-order valence-electron chi connectivity index (χ1n) is 7.67. The van der Waals surface area contributed by atoms with Crippen LogP contribution in [0.15, 0.2) is 29.2 Å². The minimum atomic E-state index is -2.00. The molecule has 0 fully saturated rings. The molecule has 146 valence electrons. The molecule has 0 aliphatic heterocycles. The molecule has 0 aliphatic rings. The van der Waals surface area contributed by atoms with Crippen LogP contribution in [0, 0.1) is 6.92 Å². The third-order valence-electron chi connectivity index (χ3n) is 2.92. The number of nitrogens with one attached hydrogen (secondary N) is 2. The molecule has 0 radical (unpaired) electrons. The van der Waals surface area contributed by atoms with Crippen molar-refractivity contribution < 1.29 is 27.5 Å². The Labute approximate surface area is 158 Å². The number of amides is 2. The van der Waals surface area contributed by atoms with E-state index in [2.05, 4.69) is 20.3 Å². The minimum absolute atomic E-state index is 0.0458. The average Bonchev–Trinajstić information content (AvgIpc) is 2.66. The van der Waals surface area contributed by atoms with E-state index in [0.29, 0.717) is 18.2 Å². The lowest BCUT2D eigenvalue weighted by molar-refractivity contribution is 0.144. The van der Waals surface area contributed by atoms with Crippen molar-refractivity contribution in [2.45, 2.75) is 11.8 Å². The molecule has 11 nitrogen and oxygen atoms in total. The predicted molar refractivity (Wildman–Crippen MR) is 94.6 cm³/mol. The van der Waals surface area contributed by atoms with Gasteiger partial charge in [-0.2, -0.15) is 19.2 Å². The number of benzene rings is 1.